The Labute approximate surface area is 177 Å². The predicted molar refractivity (Wildman–Crippen MR) is 119 cm³/mol. The van der Waals surface area contributed by atoms with Gasteiger partial charge in [-0.2, -0.15) is 0 Å². The number of hydrogen-bond acceptors (Lipinski definition) is 3. The summed E-state index contributed by atoms with van der Waals surface area (Å²) in [5, 5.41) is 29.8. The van der Waals surface area contributed by atoms with E-state index in [1.165, 1.54) is 38.5 Å². The summed E-state index contributed by atoms with van der Waals surface area (Å²) in [6.45, 7) is 10.7. The van der Waals surface area contributed by atoms with E-state index >= 15 is 0 Å². The molecule has 0 heterocycles. The van der Waals surface area contributed by atoms with Crippen molar-refractivity contribution in [1.82, 2.24) is 0 Å². The number of hydrogen-bond donors (Lipinski definition) is 3. The van der Waals surface area contributed by atoms with Crippen LogP contribution in [0.2, 0.25) is 0 Å². The fraction of sp³-hybridized carbons (Fsp3) is 0.769. The Kier molecular flexibility index (Phi) is 7.46. The van der Waals surface area contributed by atoms with Gasteiger partial charge in [0.1, 0.15) is 0 Å². The standard InChI is InChI=1S/C26H42O3/c1-17(7-5-8-18(2)27)22-12-13-23-21(9-6-14-26(22,23)4)11-10-20-15-24(28)19(3)25(29)16-20/h10-11,17-18,22-25,27-29H,3,5-9,12-16H2,1-2,4H3/b21-11+/t17-,18-,22+,23?,24+,25+,26+/m0/s1. The van der Waals surface area contributed by atoms with Crippen molar-refractivity contribution in [3.05, 3.63) is 35.5 Å². The molecular formula is C26H42O3. The quantitative estimate of drug-likeness (QED) is 0.527. The smallest absolute Gasteiger partial charge is 0.0809 e. The lowest BCUT2D eigenvalue weighted by molar-refractivity contribution is 0.0907. The van der Waals surface area contributed by atoms with Crippen molar-refractivity contribution >= 4 is 0 Å². The lowest BCUT2D eigenvalue weighted by Gasteiger charge is -2.44. The van der Waals surface area contributed by atoms with Crippen LogP contribution in [0.25, 0.3) is 0 Å². The fourth-order valence-electron chi connectivity index (χ4n) is 6.58. The second-order valence-electron chi connectivity index (χ2n) is 10.4. The monoisotopic (exact) mass is 402 g/mol. The Morgan fingerprint density at radius 3 is 2.45 bits per heavy atom. The van der Waals surface area contributed by atoms with Crippen molar-refractivity contribution in [2.45, 2.75) is 103 Å². The molecule has 3 aliphatic carbocycles. The van der Waals surface area contributed by atoms with Gasteiger partial charge in [0.25, 0.3) is 0 Å². The highest BCUT2D eigenvalue weighted by atomic mass is 16.3. The Balaban J connectivity index is 1.68. The molecule has 29 heavy (non-hydrogen) atoms. The average molecular weight is 403 g/mol. The van der Waals surface area contributed by atoms with Gasteiger partial charge < -0.3 is 15.3 Å². The van der Waals surface area contributed by atoms with Crippen LogP contribution >= 0.6 is 0 Å². The Hall–Kier alpha value is -0.900. The predicted octanol–water partition coefficient (Wildman–Crippen LogP) is 5.31. The van der Waals surface area contributed by atoms with Crippen molar-refractivity contribution in [2.75, 3.05) is 0 Å². The molecule has 3 nitrogen and oxygen atoms in total. The molecule has 3 aliphatic rings. The highest BCUT2D eigenvalue weighted by Crippen LogP contribution is 2.59. The van der Waals surface area contributed by atoms with Crippen molar-refractivity contribution in [3.8, 4) is 0 Å². The first-order valence-corrected chi connectivity index (χ1v) is 11.8. The van der Waals surface area contributed by atoms with Crippen LogP contribution in [0.5, 0.6) is 0 Å². The van der Waals surface area contributed by atoms with E-state index in [4.69, 9.17) is 0 Å². The Morgan fingerprint density at radius 1 is 1.10 bits per heavy atom. The van der Waals surface area contributed by atoms with Crippen LogP contribution in [-0.2, 0) is 0 Å². The molecule has 0 aromatic rings. The van der Waals surface area contributed by atoms with Gasteiger partial charge in [0.05, 0.1) is 18.3 Å². The maximum atomic E-state index is 10.1. The van der Waals surface area contributed by atoms with Gasteiger partial charge in [-0.15, -0.1) is 0 Å². The van der Waals surface area contributed by atoms with Crippen LogP contribution in [0.3, 0.4) is 0 Å². The second-order valence-corrected chi connectivity index (χ2v) is 10.4. The average Bonchev–Trinajstić information content (AvgIpc) is 3.01. The molecule has 0 aromatic heterocycles. The molecule has 0 spiro atoms. The number of aliphatic hydroxyl groups is 3. The molecule has 0 aliphatic heterocycles. The normalized spacial score (nSPS) is 38.8. The summed E-state index contributed by atoms with van der Waals surface area (Å²) in [5.74, 6) is 2.17. The van der Waals surface area contributed by atoms with Gasteiger partial charge in [0.15, 0.2) is 0 Å². The first kappa shape index (κ1) is 22.8. The van der Waals surface area contributed by atoms with E-state index in [1.54, 1.807) is 5.57 Å². The van der Waals surface area contributed by atoms with Crippen LogP contribution in [0, 0.1) is 23.2 Å². The number of allylic oxidation sites excluding steroid dienone is 3. The third kappa shape index (κ3) is 5.06. The topological polar surface area (TPSA) is 60.7 Å². The zero-order valence-corrected chi connectivity index (χ0v) is 18.7. The molecule has 3 rings (SSSR count). The number of aliphatic hydroxyl groups excluding tert-OH is 3. The molecule has 0 radical (unpaired) electrons. The van der Waals surface area contributed by atoms with Crippen molar-refractivity contribution in [1.29, 1.82) is 0 Å². The molecule has 7 atom stereocenters. The van der Waals surface area contributed by atoms with E-state index < -0.39 is 12.2 Å². The SMILES string of the molecule is C=C1[C@H](O)CC(=C/C=C2\CCC[C@@]3(C)C2CC[C@@H]3[C@@H](C)CCC[C@H](C)O)C[C@H]1O. The second kappa shape index (κ2) is 9.49. The van der Waals surface area contributed by atoms with E-state index in [-0.39, 0.29) is 6.10 Å². The molecule has 164 valence electrons. The minimum absolute atomic E-state index is 0.180. The summed E-state index contributed by atoms with van der Waals surface area (Å²) in [7, 11) is 0. The first-order valence-electron chi connectivity index (χ1n) is 11.8. The fourth-order valence-corrected chi connectivity index (χ4v) is 6.58. The van der Waals surface area contributed by atoms with Gasteiger partial charge in [-0.3, -0.25) is 0 Å². The molecule has 0 bridgehead atoms. The van der Waals surface area contributed by atoms with Gasteiger partial charge in [-0.05, 0) is 87.0 Å². The van der Waals surface area contributed by atoms with Gasteiger partial charge in [-0.1, -0.05) is 56.6 Å². The summed E-state index contributed by atoms with van der Waals surface area (Å²) in [6.07, 6.45) is 14.0. The van der Waals surface area contributed by atoms with Crippen molar-refractivity contribution in [3.63, 3.8) is 0 Å². The number of fused-ring (bicyclic) bond motifs is 1. The maximum Gasteiger partial charge on any atom is 0.0809 e. The molecule has 0 aromatic carbocycles. The molecule has 3 N–H and O–H groups in total. The van der Waals surface area contributed by atoms with Crippen molar-refractivity contribution in [2.24, 2.45) is 23.2 Å². The van der Waals surface area contributed by atoms with E-state index in [0.717, 1.165) is 30.3 Å². The van der Waals surface area contributed by atoms with Crippen LogP contribution in [0.1, 0.15) is 85.0 Å². The zero-order valence-electron chi connectivity index (χ0n) is 18.7. The molecule has 0 saturated heterocycles. The molecule has 0 amide bonds. The van der Waals surface area contributed by atoms with Crippen molar-refractivity contribution < 1.29 is 15.3 Å². The lowest BCUT2D eigenvalue weighted by atomic mass is 9.60. The molecule has 3 fully saturated rings. The minimum Gasteiger partial charge on any atom is -0.393 e. The van der Waals surface area contributed by atoms with E-state index in [0.29, 0.717) is 29.7 Å². The van der Waals surface area contributed by atoms with Gasteiger partial charge in [0.2, 0.25) is 0 Å². The van der Waals surface area contributed by atoms with Crippen LogP contribution in [-0.4, -0.2) is 33.6 Å². The van der Waals surface area contributed by atoms with Crippen LogP contribution in [0.15, 0.2) is 35.5 Å². The van der Waals surface area contributed by atoms with E-state index in [1.807, 2.05) is 6.92 Å². The molecule has 1 unspecified atom stereocenters. The lowest BCUT2D eigenvalue weighted by Crippen LogP contribution is -2.36. The summed E-state index contributed by atoms with van der Waals surface area (Å²) in [5.41, 5.74) is 3.67. The third-order valence-corrected chi connectivity index (χ3v) is 8.31. The minimum atomic E-state index is -0.613. The zero-order chi connectivity index (χ0) is 21.2. The summed E-state index contributed by atoms with van der Waals surface area (Å²) < 4.78 is 0. The van der Waals surface area contributed by atoms with E-state index in [2.05, 4.69) is 32.6 Å². The van der Waals surface area contributed by atoms with Gasteiger partial charge >= 0.3 is 0 Å². The highest BCUT2D eigenvalue weighted by Gasteiger charge is 2.50. The van der Waals surface area contributed by atoms with Gasteiger partial charge in [-0.25, -0.2) is 0 Å². The highest BCUT2D eigenvalue weighted by molar-refractivity contribution is 5.29. The van der Waals surface area contributed by atoms with Crippen LogP contribution in [0.4, 0.5) is 0 Å². The number of rotatable bonds is 6. The molecular weight excluding hydrogens is 360 g/mol. The van der Waals surface area contributed by atoms with Gasteiger partial charge in [0, 0.05) is 0 Å². The summed E-state index contributed by atoms with van der Waals surface area (Å²) in [4.78, 5) is 0. The first-order chi connectivity index (χ1) is 13.7. The Morgan fingerprint density at radius 2 is 1.79 bits per heavy atom. The largest absolute Gasteiger partial charge is 0.393 e. The summed E-state index contributed by atoms with van der Waals surface area (Å²) >= 11 is 0. The van der Waals surface area contributed by atoms with E-state index in [9.17, 15) is 15.3 Å². The molecule has 3 heteroatoms. The molecule has 3 saturated carbocycles. The maximum absolute atomic E-state index is 10.1. The van der Waals surface area contributed by atoms with Crippen LogP contribution < -0.4 is 0 Å². The Bertz CT molecular complexity index is 630. The summed E-state index contributed by atoms with van der Waals surface area (Å²) in [6, 6.07) is 0. The third-order valence-electron chi connectivity index (χ3n) is 8.31.